The van der Waals surface area contributed by atoms with E-state index in [1.54, 1.807) is 0 Å². The van der Waals surface area contributed by atoms with Crippen LogP contribution in [0.5, 0.6) is 0 Å². The molecule has 13 heavy (non-hydrogen) atoms. The van der Waals surface area contributed by atoms with E-state index in [0.717, 1.165) is 18.7 Å². The van der Waals surface area contributed by atoms with Crippen LogP contribution in [-0.4, -0.2) is 19.9 Å². The van der Waals surface area contributed by atoms with Gasteiger partial charge in [0, 0.05) is 7.05 Å². The van der Waals surface area contributed by atoms with Crippen molar-refractivity contribution in [2.24, 2.45) is 13.0 Å². The van der Waals surface area contributed by atoms with Gasteiger partial charge < -0.3 is 9.67 Å². The molecule has 0 aromatic carbocycles. The number of hydrogen-bond donors (Lipinski definition) is 1. The lowest BCUT2D eigenvalue weighted by Gasteiger charge is -2.42. The topological polar surface area (TPSA) is 50.9 Å². The van der Waals surface area contributed by atoms with Gasteiger partial charge in [0.05, 0.1) is 0 Å². The zero-order valence-corrected chi connectivity index (χ0v) is 8.28. The van der Waals surface area contributed by atoms with E-state index in [9.17, 15) is 5.11 Å². The second-order valence-corrected chi connectivity index (χ2v) is 3.99. The highest BCUT2D eigenvalue weighted by atomic mass is 16.3. The maximum Gasteiger partial charge on any atom is 0.165 e. The Morgan fingerprint density at radius 2 is 2.23 bits per heavy atom. The summed E-state index contributed by atoms with van der Waals surface area (Å²) >= 11 is 0. The Bertz CT molecular complexity index is 334. The zero-order chi connectivity index (χ0) is 9.64. The SMILES string of the molecule is Cc1nnc(C2(O)CCC2C)n1C. The van der Waals surface area contributed by atoms with Crippen LogP contribution in [0.1, 0.15) is 31.4 Å². The summed E-state index contributed by atoms with van der Waals surface area (Å²) in [7, 11) is 1.90. The van der Waals surface area contributed by atoms with E-state index in [1.807, 2.05) is 25.5 Å². The van der Waals surface area contributed by atoms with E-state index < -0.39 is 5.60 Å². The third kappa shape index (κ3) is 1.01. The first kappa shape index (κ1) is 8.69. The van der Waals surface area contributed by atoms with Crippen molar-refractivity contribution in [3.63, 3.8) is 0 Å². The van der Waals surface area contributed by atoms with Gasteiger partial charge in [-0.25, -0.2) is 0 Å². The summed E-state index contributed by atoms with van der Waals surface area (Å²) in [5.74, 6) is 1.86. The summed E-state index contributed by atoms with van der Waals surface area (Å²) in [6, 6.07) is 0. The van der Waals surface area contributed by atoms with Crippen LogP contribution in [0.3, 0.4) is 0 Å². The molecule has 0 amide bonds. The normalized spacial score (nSPS) is 33.1. The van der Waals surface area contributed by atoms with Gasteiger partial charge in [0.2, 0.25) is 0 Å². The first-order chi connectivity index (χ1) is 6.05. The number of rotatable bonds is 1. The summed E-state index contributed by atoms with van der Waals surface area (Å²) in [4.78, 5) is 0. The average Bonchev–Trinajstić information content (AvgIpc) is 2.44. The standard InChI is InChI=1S/C9H15N3O/c1-6-4-5-9(6,13)8-11-10-7(2)12(8)3/h6,13H,4-5H2,1-3H3. The Morgan fingerprint density at radius 1 is 1.54 bits per heavy atom. The molecule has 0 bridgehead atoms. The summed E-state index contributed by atoms with van der Waals surface area (Å²) in [6.45, 7) is 3.94. The lowest BCUT2D eigenvalue weighted by molar-refractivity contribution is -0.102. The molecule has 1 saturated carbocycles. The second kappa shape index (κ2) is 2.54. The van der Waals surface area contributed by atoms with Crippen molar-refractivity contribution < 1.29 is 5.11 Å². The van der Waals surface area contributed by atoms with E-state index in [-0.39, 0.29) is 0 Å². The molecule has 2 rings (SSSR count). The zero-order valence-electron chi connectivity index (χ0n) is 8.28. The van der Waals surface area contributed by atoms with Gasteiger partial charge in [0.15, 0.2) is 5.82 Å². The Balaban J connectivity index is 2.40. The van der Waals surface area contributed by atoms with Crippen molar-refractivity contribution >= 4 is 0 Å². The molecule has 1 fully saturated rings. The molecule has 4 heteroatoms. The molecule has 4 nitrogen and oxygen atoms in total. The van der Waals surface area contributed by atoms with Gasteiger partial charge >= 0.3 is 0 Å². The molecular weight excluding hydrogens is 166 g/mol. The summed E-state index contributed by atoms with van der Waals surface area (Å²) in [6.07, 6.45) is 1.88. The minimum Gasteiger partial charge on any atom is -0.382 e. The number of aromatic nitrogens is 3. The van der Waals surface area contributed by atoms with Gasteiger partial charge in [0.25, 0.3) is 0 Å². The molecule has 2 unspecified atom stereocenters. The molecule has 0 radical (unpaired) electrons. The van der Waals surface area contributed by atoms with Crippen LogP contribution in [0.4, 0.5) is 0 Å². The van der Waals surface area contributed by atoms with Gasteiger partial charge in [-0.15, -0.1) is 10.2 Å². The molecule has 1 aliphatic carbocycles. The molecule has 1 heterocycles. The van der Waals surface area contributed by atoms with E-state index in [1.165, 1.54) is 0 Å². The van der Waals surface area contributed by atoms with Gasteiger partial charge in [-0.3, -0.25) is 0 Å². The number of aliphatic hydroxyl groups is 1. The first-order valence-electron chi connectivity index (χ1n) is 4.64. The quantitative estimate of drug-likeness (QED) is 0.695. The third-order valence-corrected chi connectivity index (χ3v) is 3.25. The minimum absolute atomic E-state index is 0.301. The number of nitrogens with zero attached hydrogens (tertiary/aromatic N) is 3. The highest BCUT2D eigenvalue weighted by Gasteiger charge is 2.47. The number of aryl methyl sites for hydroxylation is 1. The second-order valence-electron chi connectivity index (χ2n) is 3.99. The van der Waals surface area contributed by atoms with E-state index in [2.05, 4.69) is 10.2 Å². The van der Waals surface area contributed by atoms with Gasteiger partial charge in [-0.1, -0.05) is 6.92 Å². The first-order valence-corrected chi connectivity index (χ1v) is 4.64. The summed E-state index contributed by atoms with van der Waals surface area (Å²) in [5, 5.41) is 18.2. The molecule has 0 saturated heterocycles. The molecule has 1 N–H and O–H groups in total. The van der Waals surface area contributed by atoms with E-state index in [0.29, 0.717) is 11.7 Å². The van der Waals surface area contributed by atoms with Crippen LogP contribution in [0.25, 0.3) is 0 Å². The predicted octanol–water partition coefficient (Wildman–Crippen LogP) is 0.741. The maximum atomic E-state index is 10.2. The van der Waals surface area contributed by atoms with Crippen molar-refractivity contribution in [2.75, 3.05) is 0 Å². The van der Waals surface area contributed by atoms with E-state index >= 15 is 0 Å². The molecule has 1 aliphatic rings. The summed E-state index contributed by atoms with van der Waals surface area (Å²) in [5.41, 5.74) is -0.726. The average molecular weight is 181 g/mol. The fourth-order valence-corrected chi connectivity index (χ4v) is 1.82. The smallest absolute Gasteiger partial charge is 0.165 e. The lowest BCUT2D eigenvalue weighted by Crippen LogP contribution is -2.44. The van der Waals surface area contributed by atoms with Crippen LogP contribution >= 0.6 is 0 Å². The predicted molar refractivity (Wildman–Crippen MR) is 48.0 cm³/mol. The van der Waals surface area contributed by atoms with Gasteiger partial charge in [0.1, 0.15) is 11.4 Å². The Morgan fingerprint density at radius 3 is 2.54 bits per heavy atom. The van der Waals surface area contributed by atoms with Gasteiger partial charge in [-0.05, 0) is 25.7 Å². The fourth-order valence-electron chi connectivity index (χ4n) is 1.82. The molecule has 0 spiro atoms. The Kier molecular flexibility index (Phi) is 1.70. The highest BCUT2D eigenvalue weighted by molar-refractivity contribution is 5.11. The van der Waals surface area contributed by atoms with Crippen LogP contribution in [-0.2, 0) is 12.6 Å². The van der Waals surface area contributed by atoms with Crippen LogP contribution in [0.2, 0.25) is 0 Å². The van der Waals surface area contributed by atoms with Crippen LogP contribution in [0.15, 0.2) is 0 Å². The van der Waals surface area contributed by atoms with Crippen LogP contribution in [0, 0.1) is 12.8 Å². The molecule has 2 atom stereocenters. The van der Waals surface area contributed by atoms with Crippen molar-refractivity contribution in [1.29, 1.82) is 0 Å². The van der Waals surface area contributed by atoms with Crippen molar-refractivity contribution in [1.82, 2.24) is 14.8 Å². The minimum atomic E-state index is -0.726. The fraction of sp³-hybridized carbons (Fsp3) is 0.778. The maximum absolute atomic E-state index is 10.2. The summed E-state index contributed by atoms with van der Waals surface area (Å²) < 4.78 is 1.87. The van der Waals surface area contributed by atoms with Crippen LogP contribution < -0.4 is 0 Å². The molecule has 1 aromatic heterocycles. The molecular formula is C9H15N3O. The molecule has 1 aromatic rings. The third-order valence-electron chi connectivity index (χ3n) is 3.25. The number of hydrogen-bond acceptors (Lipinski definition) is 3. The molecule has 0 aliphatic heterocycles. The van der Waals surface area contributed by atoms with Crippen molar-refractivity contribution in [2.45, 2.75) is 32.3 Å². The van der Waals surface area contributed by atoms with Gasteiger partial charge in [-0.2, -0.15) is 0 Å². The Hall–Kier alpha value is -0.900. The Labute approximate surface area is 77.6 Å². The highest BCUT2D eigenvalue weighted by Crippen LogP contribution is 2.45. The van der Waals surface area contributed by atoms with Crippen molar-refractivity contribution in [3.05, 3.63) is 11.6 Å². The molecule has 72 valence electrons. The lowest BCUT2D eigenvalue weighted by atomic mass is 9.70. The monoisotopic (exact) mass is 181 g/mol. The van der Waals surface area contributed by atoms with Crippen molar-refractivity contribution in [3.8, 4) is 0 Å². The van der Waals surface area contributed by atoms with E-state index in [4.69, 9.17) is 0 Å². The largest absolute Gasteiger partial charge is 0.382 e.